The molecule has 6 aromatic carbocycles. The van der Waals surface area contributed by atoms with Crippen LogP contribution in [0.5, 0.6) is 17.2 Å². The first-order chi connectivity index (χ1) is 64.3. The third-order valence-corrected chi connectivity index (χ3v) is 24.7. The number of nitrogens with two attached hydrogens (primary N) is 4. The fraction of sp³-hybridized carbons (Fsp3) is 0.348. The van der Waals surface area contributed by atoms with Gasteiger partial charge in [-0.1, -0.05) is 50.6 Å². The summed E-state index contributed by atoms with van der Waals surface area (Å²) in [5, 5.41) is 72.8. The summed E-state index contributed by atoms with van der Waals surface area (Å²) in [4.78, 5) is 211. The highest BCUT2D eigenvalue weighted by Gasteiger charge is 2.37. The number of carboxylic acid groups (broad SMARTS) is 1. The van der Waals surface area contributed by atoms with E-state index in [9.17, 15) is 82.4 Å². The lowest BCUT2D eigenvalue weighted by Crippen LogP contribution is -2.57. The number of aromatic carboxylic acids is 1. The maximum Gasteiger partial charge on any atom is 0.336 e. The zero-order chi connectivity index (χ0) is 95.6. The molecule has 0 radical (unpaired) electrons. The first-order valence-electron chi connectivity index (χ1n) is 43.7. The number of benzene rings is 7. The van der Waals surface area contributed by atoms with E-state index in [0.717, 1.165) is 0 Å². The number of ether oxygens (including phenoxy) is 1. The lowest BCUT2D eigenvalue weighted by atomic mass is 9.90. The molecule has 6 atom stereocenters. The summed E-state index contributed by atoms with van der Waals surface area (Å²) in [7, 11) is 0. The summed E-state index contributed by atoms with van der Waals surface area (Å²) in [6, 6.07) is 26.1. The molecule has 6 aliphatic rings. The number of carbonyl (C=O) groups excluding carboxylic acids is 12. The number of hydrogen-bond acceptors (Lipinski definition) is 27. The largest absolute Gasteiger partial charge is 0.508 e. The molecule has 0 saturated carbocycles. The van der Waals surface area contributed by atoms with Gasteiger partial charge in [0.05, 0.1) is 24.2 Å². The number of hydrogen-bond donors (Lipinski definition) is 20. The molecule has 2 saturated heterocycles. The highest BCUT2D eigenvalue weighted by atomic mass is 32.2. The molecule has 13 rings (SSSR count). The second-order valence-electron chi connectivity index (χ2n) is 33.0. The number of fused-ring (bicyclic) bond motifs is 5. The molecule has 1 aromatic heterocycles. The smallest absolute Gasteiger partial charge is 0.336 e. The van der Waals surface area contributed by atoms with Crippen molar-refractivity contribution in [1.29, 1.82) is 5.41 Å². The normalized spacial score (nSPS) is 17.9. The fourth-order valence-electron chi connectivity index (χ4n) is 16.0. The lowest BCUT2D eigenvalue weighted by molar-refractivity contribution is -0.131. The van der Waals surface area contributed by atoms with E-state index in [-0.39, 0.29) is 211 Å². The van der Waals surface area contributed by atoms with Gasteiger partial charge in [0.25, 0.3) is 11.8 Å². The van der Waals surface area contributed by atoms with Crippen LogP contribution >= 0.6 is 11.8 Å². The molecule has 7 aromatic rings. The molecule has 2 fully saturated rings. The Kier molecular flexibility index (Phi) is 31.5. The van der Waals surface area contributed by atoms with Gasteiger partial charge < -0.3 is 121 Å². The van der Waals surface area contributed by atoms with Crippen LogP contribution in [0, 0.1) is 23.2 Å². The van der Waals surface area contributed by atoms with Crippen LogP contribution < -0.4 is 107 Å². The Morgan fingerprint density at radius 1 is 0.597 bits per heavy atom. The Labute approximate surface area is 771 Å². The number of carbonyl (C=O) groups is 13. The van der Waals surface area contributed by atoms with Crippen LogP contribution in [-0.4, -0.2) is 201 Å². The topological polar surface area (TPSA) is 639 Å². The zero-order valence-corrected chi connectivity index (χ0v) is 74.0. The highest BCUT2D eigenvalue weighted by Crippen LogP contribution is 2.43. The van der Waals surface area contributed by atoms with Crippen molar-refractivity contribution in [2.45, 2.75) is 127 Å². The average molecular weight is 1850 g/mol. The molecule has 1 aliphatic carbocycles. The number of phenols is 2. The van der Waals surface area contributed by atoms with Crippen molar-refractivity contribution < 1.29 is 86.8 Å². The van der Waals surface area contributed by atoms with E-state index < -0.39 is 138 Å². The van der Waals surface area contributed by atoms with Crippen molar-refractivity contribution in [2.75, 3.05) is 89.2 Å². The number of guanidine groups is 1. The van der Waals surface area contributed by atoms with Crippen molar-refractivity contribution >= 4 is 146 Å². The molecule has 24 N–H and O–H groups in total. The number of amides is 12. The molecule has 134 heavy (non-hydrogen) atoms. The summed E-state index contributed by atoms with van der Waals surface area (Å²) in [6.45, 7) is 3.61. The molecule has 0 unspecified atom stereocenters. The van der Waals surface area contributed by atoms with Crippen molar-refractivity contribution in [3.63, 3.8) is 0 Å². The van der Waals surface area contributed by atoms with Gasteiger partial charge in [0.15, 0.2) is 11.4 Å². The molecule has 42 heteroatoms. The van der Waals surface area contributed by atoms with Crippen LogP contribution in [0.25, 0.3) is 33.4 Å². The Hall–Kier alpha value is -15.5. The molecule has 5 aliphatic heterocycles. The van der Waals surface area contributed by atoms with Crippen LogP contribution in [0.15, 0.2) is 143 Å². The molecule has 0 spiro atoms. The number of carboxylic acids is 1. The van der Waals surface area contributed by atoms with Gasteiger partial charge in [-0.3, -0.25) is 67.7 Å². The maximum atomic E-state index is 14.5. The summed E-state index contributed by atoms with van der Waals surface area (Å²) in [5.41, 5.74) is 25.4. The molecule has 12 amide bonds. The molecular formula is C92H104N22O19S. The van der Waals surface area contributed by atoms with Gasteiger partial charge in [0, 0.05) is 131 Å². The summed E-state index contributed by atoms with van der Waals surface area (Å²) in [6.07, 6.45) is 2.68. The standard InChI is InChI=1S/C92H104N22O19S/c1-3-47(2)77-87(129)105-67(8-6-30-98-89(96)97)84(126)106-68-36-51(78(94)120)11-12-52(68)44-132-71-24-16-55(39-65(71)83(125)109-77)102-75(119)43-100-81(123)50-27-33-114(34-28-50)92-111-90(103-56-15-21-60(64(38-56)88(130)131)76-61-22-19-58(116)40-72(61)133-73-41-59(117)20-23-62(73)76)110-91(112-92)113-31-25-49(26-32-113)80(122)99-42-74(118)101-54-14-13-53-45-134-46-70(79(95)121)108-86(128)69(35-48-9-17-57(115)18-10-48)107-85(127)66(7-4-5-29-93)104-82(124)63(53)37-54/h9-24,36-41,47,49-50,66-67,69-70,77,115-116H,3-8,25-35,42-46,93H2,1-2H3,(H2,94,120)(H2,95,121)(H,99,122)(H,100,123)(H,101,118)(H,102,119)(H,104,124)(H,105,129)(H,106,126)(H,107,127)(H,108,128)(H,109,125)(H,130,131)(H4,96,97,98)(H,103,110,111,112)/t47-,66-,67-,69-,70-,77-/m0/s1. The number of thioether (sulfide) groups is 1. The third kappa shape index (κ3) is 24.6. The maximum absolute atomic E-state index is 14.5. The van der Waals surface area contributed by atoms with Gasteiger partial charge >= 0.3 is 5.97 Å². The second-order valence-corrected chi connectivity index (χ2v) is 34.0. The number of aromatic hydroxyl groups is 2. The van der Waals surface area contributed by atoms with Gasteiger partial charge in [0.2, 0.25) is 76.9 Å². The van der Waals surface area contributed by atoms with Crippen molar-refractivity contribution in [2.24, 2.45) is 40.7 Å². The van der Waals surface area contributed by atoms with Gasteiger partial charge in [-0.25, -0.2) is 4.79 Å². The Morgan fingerprint density at radius 3 is 1.84 bits per heavy atom. The van der Waals surface area contributed by atoms with Crippen molar-refractivity contribution in [1.82, 2.24) is 57.5 Å². The number of aromatic nitrogens is 3. The van der Waals surface area contributed by atoms with E-state index in [1.165, 1.54) is 103 Å². The first-order valence-corrected chi connectivity index (χ1v) is 44.8. The van der Waals surface area contributed by atoms with Gasteiger partial charge in [-0.15, -0.1) is 0 Å². The minimum atomic E-state index is -1.33. The lowest BCUT2D eigenvalue weighted by Gasteiger charge is -2.34. The van der Waals surface area contributed by atoms with Crippen molar-refractivity contribution in [3.05, 3.63) is 183 Å². The number of nitrogens with one attached hydrogen (secondary N) is 13. The Bertz CT molecular complexity index is 6040. The average Bonchev–Trinajstić information content (AvgIpc) is 0.744. The number of piperidine rings is 2. The Balaban J connectivity index is 0.687. The fourth-order valence-corrected chi connectivity index (χ4v) is 17.1. The molecule has 41 nitrogen and oxygen atoms in total. The minimum Gasteiger partial charge on any atom is -0.508 e. The SMILES string of the molecule is CC[C@H](C)[C@@H]1NC(=O)c2cc(NC(=O)CNC(=O)C3CCN(c4nc(Nc5ccc(-c6c7ccc(=O)cc-7oc7cc(O)ccc67)c(C(=O)O)c5)nc(N5CCC(C(=O)NCC(=O)Nc6ccc7c(c6)C(=O)N[C@@H](CCCCN)C(=O)N[C@@H](Cc6ccc(O)cc6)C(=O)N[C@H](C(N)=O)CSC7)CC5)n4)CC3)ccc2OCc2ccc(C(N)=O)cc2NC(=O)[C@H](CCCNC(=N)N)NC1=O. The van der Waals surface area contributed by atoms with Crippen molar-refractivity contribution in [3.8, 4) is 39.7 Å². The summed E-state index contributed by atoms with van der Waals surface area (Å²) >= 11 is 1.20. The highest BCUT2D eigenvalue weighted by molar-refractivity contribution is 7.98. The van der Waals surface area contributed by atoms with Crippen LogP contribution in [0.2, 0.25) is 0 Å². The van der Waals surface area contributed by atoms with Crippen LogP contribution in [-0.2, 0) is 61.9 Å². The van der Waals surface area contributed by atoms with E-state index in [2.05, 4.69) is 63.8 Å². The van der Waals surface area contributed by atoms with Crippen LogP contribution in [0.4, 0.5) is 40.6 Å². The van der Waals surface area contributed by atoms with Crippen LogP contribution in [0.1, 0.15) is 136 Å². The molecule has 0 bridgehead atoms. The summed E-state index contributed by atoms with van der Waals surface area (Å²) < 4.78 is 12.3. The van der Waals surface area contributed by atoms with Gasteiger partial charge in [-0.05, 0) is 178 Å². The quantitative estimate of drug-likeness (QED) is 0.0141. The zero-order valence-electron chi connectivity index (χ0n) is 73.2. The third-order valence-electron chi connectivity index (χ3n) is 23.6. The van der Waals surface area contributed by atoms with Gasteiger partial charge in [0.1, 0.15) is 65.4 Å². The first kappa shape index (κ1) is 96.1. The summed E-state index contributed by atoms with van der Waals surface area (Å²) in [5.74, 6) is -11.0. The van der Waals surface area contributed by atoms with E-state index >= 15 is 0 Å². The number of anilines is 7. The number of nitrogens with zero attached hydrogens (tertiary/aromatic N) is 5. The molecular weight excluding hydrogens is 1750 g/mol. The van der Waals surface area contributed by atoms with E-state index in [1.807, 2.05) is 16.7 Å². The number of phenolic OH excluding ortho intramolecular Hbond substituents is 2. The van der Waals surface area contributed by atoms with Crippen LogP contribution in [0.3, 0.4) is 0 Å². The number of unbranched alkanes of at least 4 members (excludes halogenated alkanes) is 1. The van der Waals surface area contributed by atoms with E-state index in [4.69, 9.17) is 52.4 Å². The van der Waals surface area contributed by atoms with Gasteiger partial charge in [-0.2, -0.15) is 26.7 Å². The monoisotopic (exact) mass is 1850 g/mol. The second kappa shape index (κ2) is 44.0. The minimum absolute atomic E-state index is 0.00538. The predicted octanol–water partition coefficient (Wildman–Crippen LogP) is 4.24. The number of rotatable bonds is 28. The molecule has 702 valence electrons. The number of primary amides is 2. The molecule has 6 heterocycles. The Morgan fingerprint density at radius 2 is 1.20 bits per heavy atom. The van der Waals surface area contributed by atoms with E-state index in [0.29, 0.717) is 59.0 Å². The van der Waals surface area contributed by atoms with E-state index in [1.54, 1.807) is 49.4 Å². The predicted molar refractivity (Wildman–Crippen MR) is 497 cm³/mol.